The normalized spacial score (nSPS) is 12.4. The van der Waals surface area contributed by atoms with Crippen LogP contribution < -0.4 is 5.32 Å². The van der Waals surface area contributed by atoms with E-state index in [1.54, 1.807) is 0 Å². The molecule has 8 heteroatoms. The Balaban J connectivity index is 1.60. The van der Waals surface area contributed by atoms with Crippen LogP contribution in [-0.2, 0) is 12.6 Å². The molecule has 0 fully saturated rings. The van der Waals surface area contributed by atoms with Crippen molar-refractivity contribution in [3.8, 4) is 11.4 Å². The molecule has 0 aliphatic carbocycles. The molecule has 168 valence electrons. The highest BCUT2D eigenvalue weighted by molar-refractivity contribution is 5.94. The van der Waals surface area contributed by atoms with E-state index in [0.29, 0.717) is 12.2 Å². The minimum atomic E-state index is -4.47. The number of rotatable bonds is 6. The number of nitrogens with zero attached hydrogens (tertiary/aromatic N) is 2. The van der Waals surface area contributed by atoms with E-state index >= 15 is 0 Å². The van der Waals surface area contributed by atoms with Crippen LogP contribution in [0.5, 0.6) is 0 Å². The van der Waals surface area contributed by atoms with Crippen LogP contribution in [0.3, 0.4) is 0 Å². The van der Waals surface area contributed by atoms with Gasteiger partial charge in [-0.2, -0.15) is 18.2 Å². The first-order valence-electron chi connectivity index (χ1n) is 10.2. The first kappa shape index (κ1) is 22.3. The lowest BCUT2D eigenvalue weighted by molar-refractivity contribution is -0.137. The number of amides is 1. The van der Waals surface area contributed by atoms with Crippen molar-refractivity contribution in [1.82, 2.24) is 15.5 Å². The van der Waals surface area contributed by atoms with Crippen LogP contribution in [0.15, 0.2) is 83.4 Å². The van der Waals surface area contributed by atoms with Gasteiger partial charge in [-0.25, -0.2) is 0 Å². The van der Waals surface area contributed by atoms with E-state index < -0.39 is 23.7 Å². The number of alkyl halides is 3. The predicted octanol–water partition coefficient (Wildman–Crippen LogP) is 5.78. The van der Waals surface area contributed by atoms with Crippen molar-refractivity contribution >= 4 is 5.91 Å². The highest BCUT2D eigenvalue weighted by atomic mass is 19.4. The maximum absolute atomic E-state index is 12.8. The summed E-state index contributed by atoms with van der Waals surface area (Å²) in [6.07, 6.45) is -4.11. The Morgan fingerprint density at radius 2 is 1.73 bits per heavy atom. The third-order valence-corrected chi connectivity index (χ3v) is 5.08. The topological polar surface area (TPSA) is 68.0 Å². The van der Waals surface area contributed by atoms with Crippen LogP contribution in [0.4, 0.5) is 13.2 Å². The van der Waals surface area contributed by atoms with Gasteiger partial charge < -0.3 is 9.84 Å². The third kappa shape index (κ3) is 5.46. The van der Waals surface area contributed by atoms with Crippen molar-refractivity contribution in [3.63, 3.8) is 0 Å². The van der Waals surface area contributed by atoms with Crippen LogP contribution >= 0.6 is 0 Å². The maximum atomic E-state index is 12.8. The number of halogens is 3. The van der Waals surface area contributed by atoms with E-state index in [9.17, 15) is 18.0 Å². The van der Waals surface area contributed by atoms with Gasteiger partial charge in [-0.3, -0.25) is 4.79 Å². The summed E-state index contributed by atoms with van der Waals surface area (Å²) in [6.45, 7) is 1.95. The number of aromatic nitrogens is 2. The fraction of sp³-hybridized carbons (Fsp3) is 0.160. The monoisotopic (exact) mass is 451 g/mol. The molecule has 0 aliphatic rings. The van der Waals surface area contributed by atoms with Crippen LogP contribution in [0.1, 0.15) is 39.0 Å². The molecule has 0 bridgehead atoms. The molecular formula is C25H20F3N3O2. The molecule has 1 N–H and O–H groups in total. The Morgan fingerprint density at radius 3 is 2.39 bits per heavy atom. The number of benzene rings is 3. The maximum Gasteiger partial charge on any atom is 0.416 e. The minimum absolute atomic E-state index is 0.0967. The van der Waals surface area contributed by atoms with Gasteiger partial charge in [0.1, 0.15) is 6.04 Å². The SMILES string of the molecule is Cc1cccc(-c2noc([C@H](Cc3ccccc3)NC(=O)c3ccc(C(F)(F)F)cc3)n2)c1. The molecule has 0 radical (unpaired) electrons. The molecular weight excluding hydrogens is 431 g/mol. The smallest absolute Gasteiger partial charge is 0.340 e. The quantitative estimate of drug-likeness (QED) is 0.404. The van der Waals surface area contributed by atoms with E-state index in [4.69, 9.17) is 4.52 Å². The van der Waals surface area contributed by atoms with Crippen molar-refractivity contribution in [2.24, 2.45) is 0 Å². The second-order valence-corrected chi connectivity index (χ2v) is 7.62. The minimum Gasteiger partial charge on any atom is -0.340 e. The molecule has 33 heavy (non-hydrogen) atoms. The Morgan fingerprint density at radius 1 is 1.00 bits per heavy atom. The van der Waals surface area contributed by atoms with Crippen molar-refractivity contribution in [2.45, 2.75) is 25.6 Å². The molecule has 0 saturated carbocycles. The van der Waals surface area contributed by atoms with Crippen molar-refractivity contribution < 1.29 is 22.5 Å². The Labute approximate surface area is 188 Å². The fourth-order valence-electron chi connectivity index (χ4n) is 3.38. The summed E-state index contributed by atoms with van der Waals surface area (Å²) < 4.78 is 44.0. The zero-order chi connectivity index (χ0) is 23.4. The van der Waals surface area contributed by atoms with Crippen molar-refractivity contribution in [3.05, 3.63) is 107 Å². The summed E-state index contributed by atoms with van der Waals surface area (Å²) in [5.41, 5.74) is 2.01. The van der Waals surface area contributed by atoms with E-state index in [1.807, 2.05) is 61.5 Å². The van der Waals surface area contributed by atoms with Gasteiger partial charge in [0, 0.05) is 17.5 Å². The van der Waals surface area contributed by atoms with Crippen LogP contribution in [-0.4, -0.2) is 16.0 Å². The standard InChI is InChI=1S/C25H20F3N3O2/c1-16-6-5-9-19(14-16)22-30-24(33-31-22)21(15-17-7-3-2-4-8-17)29-23(32)18-10-12-20(13-11-18)25(26,27)28/h2-14,21H,15H2,1H3,(H,29,32)/t21-/m0/s1. The molecule has 1 amide bonds. The lowest BCUT2D eigenvalue weighted by Gasteiger charge is -2.16. The predicted molar refractivity (Wildman–Crippen MR) is 116 cm³/mol. The summed E-state index contributed by atoms with van der Waals surface area (Å²) in [7, 11) is 0. The van der Waals surface area contributed by atoms with Crippen LogP contribution in [0.2, 0.25) is 0 Å². The number of carbonyl (C=O) groups excluding carboxylic acids is 1. The average molecular weight is 451 g/mol. The van der Waals surface area contributed by atoms with E-state index in [2.05, 4.69) is 15.5 Å². The summed E-state index contributed by atoms with van der Waals surface area (Å²) in [5.74, 6) is 0.0473. The fourth-order valence-corrected chi connectivity index (χ4v) is 3.38. The average Bonchev–Trinajstić information content (AvgIpc) is 3.29. The summed E-state index contributed by atoms with van der Waals surface area (Å²) in [6, 6.07) is 20.4. The van der Waals surface area contributed by atoms with Gasteiger partial charge in [0.05, 0.1) is 5.56 Å². The van der Waals surface area contributed by atoms with Crippen LogP contribution in [0, 0.1) is 6.92 Å². The van der Waals surface area contributed by atoms with Crippen LogP contribution in [0.25, 0.3) is 11.4 Å². The molecule has 5 nitrogen and oxygen atoms in total. The second kappa shape index (κ2) is 9.28. The van der Waals surface area contributed by atoms with Gasteiger partial charge in [0.2, 0.25) is 11.7 Å². The summed E-state index contributed by atoms with van der Waals surface area (Å²) in [4.78, 5) is 17.3. The molecule has 0 aliphatic heterocycles. The third-order valence-electron chi connectivity index (χ3n) is 5.08. The zero-order valence-corrected chi connectivity index (χ0v) is 17.6. The van der Waals surface area contributed by atoms with Gasteiger partial charge in [-0.1, -0.05) is 59.3 Å². The molecule has 4 aromatic rings. The molecule has 0 saturated heterocycles. The van der Waals surface area contributed by atoms with Crippen molar-refractivity contribution in [2.75, 3.05) is 0 Å². The molecule has 0 spiro atoms. The molecule has 1 heterocycles. The van der Waals surface area contributed by atoms with Gasteiger partial charge >= 0.3 is 6.18 Å². The first-order chi connectivity index (χ1) is 15.8. The largest absolute Gasteiger partial charge is 0.416 e. The van der Waals surface area contributed by atoms with Gasteiger partial charge in [0.25, 0.3) is 5.91 Å². The highest BCUT2D eigenvalue weighted by Crippen LogP contribution is 2.29. The van der Waals surface area contributed by atoms with Gasteiger partial charge in [-0.05, 0) is 42.8 Å². The second-order valence-electron chi connectivity index (χ2n) is 7.62. The zero-order valence-electron chi connectivity index (χ0n) is 17.6. The lowest BCUT2D eigenvalue weighted by Crippen LogP contribution is -2.30. The Kier molecular flexibility index (Phi) is 6.26. The molecule has 3 aromatic carbocycles. The number of aryl methyl sites for hydroxylation is 1. The first-order valence-corrected chi connectivity index (χ1v) is 10.2. The van der Waals surface area contributed by atoms with Gasteiger partial charge in [0.15, 0.2) is 0 Å². The molecule has 0 unspecified atom stereocenters. The molecule has 1 aromatic heterocycles. The van der Waals surface area contributed by atoms with Gasteiger partial charge in [-0.15, -0.1) is 0 Å². The van der Waals surface area contributed by atoms with E-state index in [1.165, 1.54) is 0 Å². The summed E-state index contributed by atoms with van der Waals surface area (Å²) in [5, 5.41) is 6.86. The van der Waals surface area contributed by atoms with Crippen molar-refractivity contribution in [1.29, 1.82) is 0 Å². The number of nitrogens with one attached hydrogen (secondary N) is 1. The number of carbonyl (C=O) groups is 1. The Bertz CT molecular complexity index is 1240. The summed E-state index contributed by atoms with van der Waals surface area (Å²) >= 11 is 0. The number of hydrogen-bond acceptors (Lipinski definition) is 4. The highest BCUT2D eigenvalue weighted by Gasteiger charge is 2.30. The lowest BCUT2D eigenvalue weighted by atomic mass is 10.0. The Hall–Kier alpha value is -3.94. The molecule has 4 rings (SSSR count). The molecule has 1 atom stereocenters. The van der Waals surface area contributed by atoms with E-state index in [-0.39, 0.29) is 11.5 Å². The number of hydrogen-bond donors (Lipinski definition) is 1. The van der Waals surface area contributed by atoms with E-state index in [0.717, 1.165) is 41.0 Å².